The fourth-order valence-corrected chi connectivity index (χ4v) is 4.62. The van der Waals surface area contributed by atoms with Crippen LogP contribution in [0.25, 0.3) is 0 Å². The van der Waals surface area contributed by atoms with Crippen LogP contribution in [0.5, 0.6) is 0 Å². The van der Waals surface area contributed by atoms with Crippen molar-refractivity contribution in [2.24, 2.45) is 0 Å². The summed E-state index contributed by atoms with van der Waals surface area (Å²) < 4.78 is 13.8. The van der Waals surface area contributed by atoms with Gasteiger partial charge in [0.2, 0.25) is 0 Å². The number of halogens is 1. The molecule has 0 unspecified atom stereocenters. The Morgan fingerprint density at radius 2 is 1.96 bits per heavy atom. The molecule has 0 saturated carbocycles. The number of hydrogen-bond acceptors (Lipinski definition) is 4. The summed E-state index contributed by atoms with van der Waals surface area (Å²) in [5.41, 5.74) is 1.46. The Kier molecular flexibility index (Phi) is 4.33. The van der Waals surface area contributed by atoms with E-state index in [1.165, 1.54) is 34.5 Å². The first-order valence-corrected chi connectivity index (χ1v) is 9.26. The predicted molar refractivity (Wildman–Crippen MR) is 91.7 cm³/mol. The lowest BCUT2D eigenvalue weighted by atomic mass is 10.1. The molecule has 1 aliphatic heterocycles. The first-order chi connectivity index (χ1) is 11.7. The Labute approximate surface area is 144 Å². The summed E-state index contributed by atoms with van der Waals surface area (Å²) in [5, 5.41) is 1.19. The molecule has 0 N–H and O–H groups in total. The Morgan fingerprint density at radius 1 is 1.17 bits per heavy atom. The number of carbonyl (C=O) groups excluding carboxylic acids is 1. The van der Waals surface area contributed by atoms with Crippen molar-refractivity contribution in [3.63, 3.8) is 0 Å². The maximum Gasteiger partial charge on any atom is 0.256 e. The van der Waals surface area contributed by atoms with Crippen molar-refractivity contribution in [1.82, 2.24) is 14.8 Å². The van der Waals surface area contributed by atoms with Gasteiger partial charge in [-0.3, -0.25) is 9.69 Å². The van der Waals surface area contributed by atoms with Crippen LogP contribution >= 0.6 is 11.3 Å². The van der Waals surface area contributed by atoms with Gasteiger partial charge in [0, 0.05) is 31.1 Å². The summed E-state index contributed by atoms with van der Waals surface area (Å²) in [6, 6.07) is 6.20. The largest absolute Gasteiger partial charge is 0.336 e. The smallest absolute Gasteiger partial charge is 0.256 e. The third kappa shape index (κ3) is 3.08. The minimum atomic E-state index is -0.442. The van der Waals surface area contributed by atoms with Gasteiger partial charge in [-0.15, -0.1) is 11.3 Å². The molecule has 1 aromatic carbocycles. The molecular formula is C18H20FN3OS. The zero-order valence-corrected chi connectivity index (χ0v) is 14.3. The zero-order chi connectivity index (χ0) is 16.5. The molecular weight excluding hydrogens is 325 g/mol. The lowest BCUT2D eigenvalue weighted by Crippen LogP contribution is -2.48. The van der Waals surface area contributed by atoms with E-state index in [-0.39, 0.29) is 11.5 Å². The molecule has 0 spiro atoms. The molecule has 4 rings (SSSR count). The van der Waals surface area contributed by atoms with Crippen LogP contribution in [0.3, 0.4) is 0 Å². The highest BCUT2D eigenvalue weighted by Gasteiger charge is 2.25. The molecule has 1 fully saturated rings. The SMILES string of the molecule is O=C(c1ccccc1F)N1CCN(Cc2nc3c(s2)CCC3)CC1. The quantitative estimate of drug-likeness (QED) is 0.858. The fraction of sp³-hybridized carbons (Fsp3) is 0.444. The van der Waals surface area contributed by atoms with Crippen LogP contribution < -0.4 is 0 Å². The summed E-state index contributed by atoms with van der Waals surface area (Å²) in [7, 11) is 0. The van der Waals surface area contributed by atoms with Crippen molar-refractivity contribution in [3.8, 4) is 0 Å². The van der Waals surface area contributed by atoms with Crippen LogP contribution in [0.15, 0.2) is 24.3 Å². The second-order valence-electron chi connectivity index (χ2n) is 6.38. The van der Waals surface area contributed by atoms with E-state index in [0.717, 1.165) is 26.1 Å². The van der Waals surface area contributed by atoms with E-state index >= 15 is 0 Å². The van der Waals surface area contributed by atoms with E-state index in [1.54, 1.807) is 23.1 Å². The molecule has 1 amide bonds. The summed E-state index contributed by atoms with van der Waals surface area (Å²) in [6.45, 7) is 3.75. The van der Waals surface area contributed by atoms with Gasteiger partial charge in [0.1, 0.15) is 10.8 Å². The van der Waals surface area contributed by atoms with Gasteiger partial charge in [-0.2, -0.15) is 0 Å². The number of rotatable bonds is 3. The molecule has 2 aromatic rings. The predicted octanol–water partition coefficient (Wildman–Crippen LogP) is 2.73. The fourth-order valence-electron chi connectivity index (χ4n) is 3.42. The highest BCUT2D eigenvalue weighted by molar-refractivity contribution is 7.11. The minimum Gasteiger partial charge on any atom is -0.336 e. The van der Waals surface area contributed by atoms with Gasteiger partial charge in [0.25, 0.3) is 5.91 Å². The third-order valence-electron chi connectivity index (χ3n) is 4.76. The highest BCUT2D eigenvalue weighted by atomic mass is 32.1. The van der Waals surface area contributed by atoms with Crippen molar-refractivity contribution < 1.29 is 9.18 Å². The Morgan fingerprint density at radius 3 is 2.71 bits per heavy atom. The summed E-state index contributed by atoms with van der Waals surface area (Å²) in [5.74, 6) is -0.650. The minimum absolute atomic E-state index is 0.169. The van der Waals surface area contributed by atoms with Gasteiger partial charge in [-0.05, 0) is 31.4 Å². The van der Waals surface area contributed by atoms with E-state index in [0.29, 0.717) is 13.1 Å². The number of carbonyl (C=O) groups is 1. The van der Waals surface area contributed by atoms with Gasteiger partial charge >= 0.3 is 0 Å². The van der Waals surface area contributed by atoms with Gasteiger partial charge in [-0.25, -0.2) is 9.37 Å². The van der Waals surface area contributed by atoms with E-state index in [4.69, 9.17) is 4.98 Å². The number of nitrogens with zero attached hydrogens (tertiary/aromatic N) is 3. The number of aryl methyl sites for hydroxylation is 2. The van der Waals surface area contributed by atoms with E-state index in [2.05, 4.69) is 4.90 Å². The normalized spacial score (nSPS) is 18.0. The topological polar surface area (TPSA) is 36.4 Å². The van der Waals surface area contributed by atoms with Crippen LogP contribution in [-0.2, 0) is 19.4 Å². The molecule has 126 valence electrons. The van der Waals surface area contributed by atoms with Gasteiger partial charge in [0.15, 0.2) is 0 Å². The lowest BCUT2D eigenvalue weighted by molar-refractivity contribution is 0.0624. The molecule has 2 heterocycles. The first-order valence-electron chi connectivity index (χ1n) is 8.44. The molecule has 6 heteroatoms. The molecule has 1 aromatic heterocycles. The van der Waals surface area contributed by atoms with Crippen LogP contribution in [0.4, 0.5) is 4.39 Å². The van der Waals surface area contributed by atoms with Crippen molar-refractivity contribution in [2.75, 3.05) is 26.2 Å². The van der Waals surface area contributed by atoms with Crippen LogP contribution in [-0.4, -0.2) is 46.9 Å². The van der Waals surface area contributed by atoms with Crippen molar-refractivity contribution in [1.29, 1.82) is 0 Å². The van der Waals surface area contributed by atoms with Crippen LogP contribution in [0.2, 0.25) is 0 Å². The molecule has 24 heavy (non-hydrogen) atoms. The zero-order valence-electron chi connectivity index (χ0n) is 13.5. The van der Waals surface area contributed by atoms with Crippen molar-refractivity contribution in [2.45, 2.75) is 25.8 Å². The van der Waals surface area contributed by atoms with Gasteiger partial charge in [0.05, 0.1) is 17.8 Å². The number of benzene rings is 1. The number of fused-ring (bicyclic) bond motifs is 1. The average Bonchev–Trinajstić information content (AvgIpc) is 3.17. The van der Waals surface area contributed by atoms with E-state index in [9.17, 15) is 9.18 Å². The van der Waals surface area contributed by atoms with Crippen LogP contribution in [0, 0.1) is 5.82 Å². The summed E-state index contributed by atoms with van der Waals surface area (Å²) in [4.78, 5) is 22.7. The number of hydrogen-bond donors (Lipinski definition) is 0. The Bertz CT molecular complexity index is 731. The molecule has 4 nitrogen and oxygen atoms in total. The molecule has 0 atom stereocenters. The number of thiazole rings is 1. The first kappa shape index (κ1) is 15.7. The standard InChI is InChI=1S/C18H20FN3OS/c19-14-5-2-1-4-13(14)18(23)22-10-8-21(9-11-22)12-17-20-15-6-3-7-16(15)24-17/h1-2,4-5H,3,6-12H2. The second kappa shape index (κ2) is 6.61. The van der Waals surface area contributed by atoms with E-state index in [1.807, 2.05) is 11.3 Å². The third-order valence-corrected chi connectivity index (χ3v) is 5.90. The summed E-state index contributed by atoms with van der Waals surface area (Å²) >= 11 is 1.84. The number of aromatic nitrogens is 1. The maximum atomic E-state index is 13.8. The van der Waals surface area contributed by atoms with Gasteiger partial charge < -0.3 is 4.90 Å². The molecule has 0 radical (unpaired) electrons. The molecule has 1 aliphatic carbocycles. The van der Waals surface area contributed by atoms with Crippen molar-refractivity contribution >= 4 is 17.2 Å². The molecule has 1 saturated heterocycles. The lowest BCUT2D eigenvalue weighted by Gasteiger charge is -2.34. The molecule has 0 bridgehead atoms. The summed E-state index contributed by atoms with van der Waals surface area (Å²) in [6.07, 6.45) is 3.54. The Balaban J connectivity index is 1.34. The van der Waals surface area contributed by atoms with Crippen LogP contribution in [0.1, 0.15) is 32.4 Å². The highest BCUT2D eigenvalue weighted by Crippen LogP contribution is 2.28. The van der Waals surface area contributed by atoms with Crippen molar-refractivity contribution in [3.05, 3.63) is 51.2 Å². The average molecular weight is 345 g/mol. The Hall–Kier alpha value is -1.79. The van der Waals surface area contributed by atoms with E-state index < -0.39 is 5.82 Å². The number of piperazine rings is 1. The second-order valence-corrected chi connectivity index (χ2v) is 7.55. The molecule has 2 aliphatic rings. The number of amides is 1. The monoisotopic (exact) mass is 345 g/mol. The van der Waals surface area contributed by atoms with Gasteiger partial charge in [-0.1, -0.05) is 12.1 Å². The maximum absolute atomic E-state index is 13.8.